The first-order chi connectivity index (χ1) is 7.24. The van der Waals surface area contributed by atoms with Gasteiger partial charge < -0.3 is 9.67 Å². The van der Waals surface area contributed by atoms with Crippen LogP contribution in [0.25, 0.3) is 0 Å². The fourth-order valence-corrected chi connectivity index (χ4v) is 2.80. The van der Waals surface area contributed by atoms with E-state index in [2.05, 4.69) is 23.8 Å². The first kappa shape index (κ1) is 11.1. The molecule has 1 atom stereocenters. The van der Waals surface area contributed by atoms with E-state index in [1.54, 1.807) is 0 Å². The number of aliphatic hydroxyl groups is 1. The van der Waals surface area contributed by atoms with Crippen LogP contribution in [0.15, 0.2) is 6.07 Å². The standard InChI is InChI=1S/C12H19NOS/c1-9-8-10-11(4-3-5-12(10)14)13(9)6-7-15-2/h8,12,14H,3-7H2,1-2H3. The summed E-state index contributed by atoms with van der Waals surface area (Å²) in [5.74, 6) is 1.15. The van der Waals surface area contributed by atoms with Crippen LogP contribution in [-0.2, 0) is 13.0 Å². The molecule has 2 nitrogen and oxygen atoms in total. The zero-order valence-corrected chi connectivity index (χ0v) is 10.3. The molecular weight excluding hydrogens is 206 g/mol. The third-order valence-electron chi connectivity index (χ3n) is 3.22. The molecule has 0 spiro atoms. The van der Waals surface area contributed by atoms with Crippen LogP contribution in [0.4, 0.5) is 0 Å². The molecule has 1 aromatic rings. The second-order valence-corrected chi connectivity index (χ2v) is 5.23. The third-order valence-corrected chi connectivity index (χ3v) is 3.81. The predicted molar refractivity (Wildman–Crippen MR) is 65.4 cm³/mol. The SMILES string of the molecule is CSCCn1c(C)cc2c1CCCC2O. The highest BCUT2D eigenvalue weighted by atomic mass is 32.2. The minimum atomic E-state index is -0.219. The topological polar surface area (TPSA) is 25.2 Å². The second kappa shape index (κ2) is 4.62. The maximum Gasteiger partial charge on any atom is 0.0807 e. The highest BCUT2D eigenvalue weighted by Crippen LogP contribution is 2.32. The molecular formula is C12H19NOS. The molecule has 3 heteroatoms. The number of hydrogen-bond acceptors (Lipinski definition) is 2. The Labute approximate surface area is 95.7 Å². The molecule has 0 saturated carbocycles. The average Bonchev–Trinajstić information content (AvgIpc) is 2.54. The first-order valence-corrected chi connectivity index (χ1v) is 6.99. The monoisotopic (exact) mass is 225 g/mol. The summed E-state index contributed by atoms with van der Waals surface area (Å²) in [7, 11) is 0. The van der Waals surface area contributed by atoms with Gasteiger partial charge in [-0.05, 0) is 38.5 Å². The summed E-state index contributed by atoms with van der Waals surface area (Å²) >= 11 is 1.88. The second-order valence-electron chi connectivity index (χ2n) is 4.24. The van der Waals surface area contributed by atoms with Crippen LogP contribution in [0.3, 0.4) is 0 Å². The fraction of sp³-hybridized carbons (Fsp3) is 0.667. The molecule has 0 amide bonds. The Bertz CT molecular complexity index is 346. The number of rotatable bonds is 3. The summed E-state index contributed by atoms with van der Waals surface area (Å²) < 4.78 is 2.38. The van der Waals surface area contributed by atoms with Crippen molar-refractivity contribution in [2.45, 2.75) is 38.8 Å². The van der Waals surface area contributed by atoms with Crippen molar-refractivity contribution < 1.29 is 5.11 Å². The number of hydrogen-bond donors (Lipinski definition) is 1. The highest BCUT2D eigenvalue weighted by Gasteiger charge is 2.22. The van der Waals surface area contributed by atoms with E-state index in [9.17, 15) is 5.11 Å². The van der Waals surface area contributed by atoms with Gasteiger partial charge in [0.2, 0.25) is 0 Å². The lowest BCUT2D eigenvalue weighted by Crippen LogP contribution is -2.13. The summed E-state index contributed by atoms with van der Waals surface area (Å²) in [5.41, 5.74) is 3.86. The molecule has 1 aromatic heterocycles. The molecule has 1 unspecified atom stereocenters. The molecule has 2 rings (SSSR count). The van der Waals surface area contributed by atoms with E-state index in [1.165, 1.54) is 17.0 Å². The molecule has 1 aliphatic carbocycles. The molecule has 1 heterocycles. The first-order valence-electron chi connectivity index (χ1n) is 5.60. The molecule has 0 aliphatic heterocycles. The molecule has 0 bridgehead atoms. The number of aliphatic hydroxyl groups excluding tert-OH is 1. The molecule has 0 aromatic carbocycles. The summed E-state index contributed by atoms with van der Waals surface area (Å²) in [6, 6.07) is 2.17. The van der Waals surface area contributed by atoms with Gasteiger partial charge in [-0.3, -0.25) is 0 Å². The molecule has 15 heavy (non-hydrogen) atoms. The molecule has 0 radical (unpaired) electrons. The minimum Gasteiger partial charge on any atom is -0.388 e. The Morgan fingerprint density at radius 1 is 1.60 bits per heavy atom. The number of aromatic nitrogens is 1. The van der Waals surface area contributed by atoms with Crippen LogP contribution in [0.2, 0.25) is 0 Å². The van der Waals surface area contributed by atoms with Crippen molar-refractivity contribution in [2.24, 2.45) is 0 Å². The quantitative estimate of drug-likeness (QED) is 0.855. The predicted octanol–water partition coefficient (Wildman–Crippen LogP) is 2.53. The fourth-order valence-electron chi connectivity index (χ4n) is 2.44. The Hall–Kier alpha value is -0.410. The van der Waals surface area contributed by atoms with Crippen LogP contribution in [0, 0.1) is 6.92 Å². The highest BCUT2D eigenvalue weighted by molar-refractivity contribution is 7.98. The van der Waals surface area contributed by atoms with E-state index in [1.807, 2.05) is 11.8 Å². The summed E-state index contributed by atoms with van der Waals surface area (Å²) in [5, 5.41) is 9.91. The summed E-state index contributed by atoms with van der Waals surface area (Å²) in [6.45, 7) is 3.22. The van der Waals surface area contributed by atoms with Crippen molar-refractivity contribution in [3.63, 3.8) is 0 Å². The Morgan fingerprint density at radius 3 is 3.13 bits per heavy atom. The van der Waals surface area contributed by atoms with E-state index < -0.39 is 0 Å². The van der Waals surface area contributed by atoms with Crippen LogP contribution in [0.1, 0.15) is 35.9 Å². The van der Waals surface area contributed by atoms with Gasteiger partial charge in [-0.2, -0.15) is 11.8 Å². The lowest BCUT2D eigenvalue weighted by molar-refractivity contribution is 0.155. The molecule has 1 N–H and O–H groups in total. The largest absolute Gasteiger partial charge is 0.388 e. The third kappa shape index (κ3) is 2.08. The van der Waals surface area contributed by atoms with Crippen LogP contribution >= 0.6 is 11.8 Å². The Morgan fingerprint density at radius 2 is 2.40 bits per heavy atom. The number of nitrogens with zero attached hydrogens (tertiary/aromatic N) is 1. The zero-order chi connectivity index (χ0) is 10.8. The lowest BCUT2D eigenvalue weighted by Gasteiger charge is -2.20. The van der Waals surface area contributed by atoms with E-state index in [-0.39, 0.29) is 6.10 Å². The van der Waals surface area contributed by atoms with Crippen LogP contribution in [0.5, 0.6) is 0 Å². The molecule has 0 fully saturated rings. The summed E-state index contributed by atoms with van der Waals surface area (Å²) in [4.78, 5) is 0. The van der Waals surface area contributed by atoms with Crippen molar-refractivity contribution >= 4 is 11.8 Å². The smallest absolute Gasteiger partial charge is 0.0807 e. The van der Waals surface area contributed by atoms with Crippen molar-refractivity contribution in [3.8, 4) is 0 Å². The maximum atomic E-state index is 9.91. The maximum absolute atomic E-state index is 9.91. The van der Waals surface area contributed by atoms with Crippen molar-refractivity contribution in [1.82, 2.24) is 4.57 Å². The van der Waals surface area contributed by atoms with Crippen LogP contribution < -0.4 is 0 Å². The Balaban J connectivity index is 2.29. The van der Waals surface area contributed by atoms with Crippen molar-refractivity contribution in [2.75, 3.05) is 12.0 Å². The van der Waals surface area contributed by atoms with Crippen LogP contribution in [-0.4, -0.2) is 21.7 Å². The molecule has 1 aliphatic rings. The van der Waals surface area contributed by atoms with Gasteiger partial charge in [-0.25, -0.2) is 0 Å². The van der Waals surface area contributed by atoms with Gasteiger partial charge in [0.1, 0.15) is 0 Å². The summed E-state index contributed by atoms with van der Waals surface area (Å²) in [6.07, 6.45) is 5.10. The minimum absolute atomic E-state index is 0.219. The number of thioether (sulfide) groups is 1. The van der Waals surface area contributed by atoms with Crippen molar-refractivity contribution in [3.05, 3.63) is 23.0 Å². The number of fused-ring (bicyclic) bond motifs is 1. The van der Waals surface area contributed by atoms with Gasteiger partial charge in [-0.15, -0.1) is 0 Å². The number of aryl methyl sites for hydroxylation is 1. The molecule has 0 saturated heterocycles. The van der Waals surface area contributed by atoms with E-state index >= 15 is 0 Å². The molecule has 84 valence electrons. The zero-order valence-electron chi connectivity index (χ0n) is 9.49. The van der Waals surface area contributed by atoms with Gasteiger partial charge in [-0.1, -0.05) is 0 Å². The van der Waals surface area contributed by atoms with E-state index in [4.69, 9.17) is 0 Å². The normalized spacial score (nSPS) is 20.3. The van der Waals surface area contributed by atoms with Gasteiger partial charge in [0.15, 0.2) is 0 Å². The van der Waals surface area contributed by atoms with Crippen molar-refractivity contribution in [1.29, 1.82) is 0 Å². The van der Waals surface area contributed by atoms with Gasteiger partial charge in [0, 0.05) is 29.2 Å². The van der Waals surface area contributed by atoms with E-state index in [0.29, 0.717) is 0 Å². The van der Waals surface area contributed by atoms with Gasteiger partial charge >= 0.3 is 0 Å². The Kier molecular flexibility index (Phi) is 3.42. The van der Waals surface area contributed by atoms with E-state index in [0.717, 1.165) is 31.6 Å². The lowest BCUT2D eigenvalue weighted by atomic mass is 9.95. The van der Waals surface area contributed by atoms with Gasteiger partial charge in [0.05, 0.1) is 6.10 Å². The van der Waals surface area contributed by atoms with Gasteiger partial charge in [0.25, 0.3) is 0 Å². The average molecular weight is 225 g/mol.